The highest BCUT2D eigenvalue weighted by Gasteiger charge is 2.18. The molecule has 0 fully saturated rings. The van der Waals surface area contributed by atoms with Crippen molar-refractivity contribution in [2.24, 2.45) is 0 Å². The van der Waals surface area contributed by atoms with Crippen LogP contribution in [0.4, 0.5) is 0 Å². The fourth-order valence-electron chi connectivity index (χ4n) is 2.66. The summed E-state index contributed by atoms with van der Waals surface area (Å²) in [7, 11) is 0. The molecule has 0 aromatic carbocycles. The van der Waals surface area contributed by atoms with Crippen molar-refractivity contribution < 1.29 is 0 Å². The van der Waals surface area contributed by atoms with Crippen molar-refractivity contribution >= 4 is 0 Å². The maximum Gasteiger partial charge on any atom is 0.0539 e. The lowest BCUT2D eigenvalue weighted by Gasteiger charge is -2.26. The normalized spacial score (nSPS) is 17.3. The lowest BCUT2D eigenvalue weighted by molar-refractivity contribution is 0.544. The topological polar surface area (TPSA) is 24.9 Å². The predicted molar refractivity (Wildman–Crippen MR) is 76.6 cm³/mol. The van der Waals surface area contributed by atoms with Gasteiger partial charge in [-0.2, -0.15) is 0 Å². The average Bonchev–Trinajstić information content (AvgIpc) is 2.42. The van der Waals surface area contributed by atoms with Gasteiger partial charge in [0.1, 0.15) is 0 Å². The van der Waals surface area contributed by atoms with E-state index in [1.807, 2.05) is 12.4 Å². The lowest BCUT2D eigenvalue weighted by Crippen LogP contribution is -2.25. The summed E-state index contributed by atoms with van der Waals surface area (Å²) >= 11 is 0. The molecule has 0 bridgehead atoms. The molecule has 98 valence electrons. The van der Waals surface area contributed by atoms with Crippen molar-refractivity contribution in [3.05, 3.63) is 41.2 Å². The van der Waals surface area contributed by atoms with E-state index in [0.29, 0.717) is 6.04 Å². The summed E-state index contributed by atoms with van der Waals surface area (Å²) in [5.41, 5.74) is 4.26. The Kier molecular flexibility index (Phi) is 4.94. The molecule has 1 aromatic heterocycles. The molecule has 2 heteroatoms. The minimum Gasteiger partial charge on any atom is -0.307 e. The quantitative estimate of drug-likeness (QED) is 0.794. The maximum absolute atomic E-state index is 4.21. The molecule has 1 N–H and O–H groups in total. The number of allylic oxidation sites excluding steroid dienone is 1. The van der Waals surface area contributed by atoms with E-state index in [1.54, 1.807) is 5.57 Å². The maximum atomic E-state index is 4.21. The first kappa shape index (κ1) is 13.3. The predicted octanol–water partition coefficient (Wildman–Crippen LogP) is 3.93. The van der Waals surface area contributed by atoms with Crippen molar-refractivity contribution in [2.45, 2.75) is 52.0 Å². The van der Waals surface area contributed by atoms with Crippen LogP contribution >= 0.6 is 0 Å². The number of aryl methyl sites for hydroxylation is 1. The number of nitrogens with one attached hydrogen (secondary N) is 1. The Morgan fingerprint density at radius 3 is 2.94 bits per heavy atom. The Morgan fingerprint density at radius 2 is 2.28 bits per heavy atom. The summed E-state index contributed by atoms with van der Waals surface area (Å²) < 4.78 is 0. The van der Waals surface area contributed by atoms with Crippen LogP contribution in [0.5, 0.6) is 0 Å². The zero-order chi connectivity index (χ0) is 12.8. The first-order chi connectivity index (χ1) is 8.83. The van der Waals surface area contributed by atoms with Gasteiger partial charge in [-0.3, -0.25) is 4.98 Å². The van der Waals surface area contributed by atoms with Crippen molar-refractivity contribution in [2.75, 3.05) is 6.54 Å². The Bertz CT molecular complexity index is 409. The number of nitrogens with zero attached hydrogens (tertiary/aromatic N) is 1. The first-order valence-corrected chi connectivity index (χ1v) is 7.15. The molecule has 1 heterocycles. The highest BCUT2D eigenvalue weighted by Crippen LogP contribution is 2.31. The molecule has 1 aromatic rings. The third kappa shape index (κ3) is 3.20. The summed E-state index contributed by atoms with van der Waals surface area (Å²) in [6, 6.07) is 2.56. The van der Waals surface area contributed by atoms with Gasteiger partial charge in [0, 0.05) is 12.4 Å². The van der Waals surface area contributed by atoms with E-state index in [-0.39, 0.29) is 0 Å². The summed E-state index contributed by atoms with van der Waals surface area (Å²) in [5.74, 6) is 0. The molecule has 18 heavy (non-hydrogen) atoms. The standard InChI is InChI=1S/C16H24N2/c1-3-10-18-16(14-7-5-4-6-8-14)15-9-11-17-12-13(15)2/h7,9,11-12,16,18H,3-6,8,10H2,1-2H3. The minimum absolute atomic E-state index is 0.397. The van der Waals surface area contributed by atoms with Crippen molar-refractivity contribution in [3.63, 3.8) is 0 Å². The van der Waals surface area contributed by atoms with E-state index < -0.39 is 0 Å². The van der Waals surface area contributed by atoms with Crippen LogP contribution in [0.1, 0.15) is 56.2 Å². The number of hydrogen-bond donors (Lipinski definition) is 1. The summed E-state index contributed by atoms with van der Waals surface area (Å²) in [6.45, 7) is 5.45. The molecule has 0 saturated carbocycles. The van der Waals surface area contributed by atoms with Crippen LogP contribution in [-0.4, -0.2) is 11.5 Å². The molecule has 0 saturated heterocycles. The Hall–Kier alpha value is -1.15. The van der Waals surface area contributed by atoms with Gasteiger partial charge in [0.2, 0.25) is 0 Å². The highest BCUT2D eigenvalue weighted by atomic mass is 14.9. The largest absolute Gasteiger partial charge is 0.307 e. The molecule has 0 radical (unpaired) electrons. The van der Waals surface area contributed by atoms with Gasteiger partial charge in [0.15, 0.2) is 0 Å². The zero-order valence-electron chi connectivity index (χ0n) is 11.6. The molecule has 2 rings (SSSR count). The second kappa shape index (κ2) is 6.69. The van der Waals surface area contributed by atoms with E-state index in [0.717, 1.165) is 6.54 Å². The SMILES string of the molecule is CCCNC(C1=CCCCC1)c1ccncc1C. The lowest BCUT2D eigenvalue weighted by atomic mass is 9.88. The van der Waals surface area contributed by atoms with E-state index in [9.17, 15) is 0 Å². The van der Waals surface area contributed by atoms with Crippen LogP contribution in [0.15, 0.2) is 30.1 Å². The van der Waals surface area contributed by atoms with Gasteiger partial charge in [0.05, 0.1) is 6.04 Å². The second-order valence-electron chi connectivity index (χ2n) is 5.14. The molecule has 1 aliphatic rings. The van der Waals surface area contributed by atoms with Crippen LogP contribution in [0.25, 0.3) is 0 Å². The molecule has 2 nitrogen and oxygen atoms in total. The molecule has 1 aliphatic carbocycles. The smallest absolute Gasteiger partial charge is 0.0539 e. The number of aromatic nitrogens is 1. The van der Waals surface area contributed by atoms with Crippen molar-refractivity contribution in [3.8, 4) is 0 Å². The molecule has 0 aliphatic heterocycles. The second-order valence-corrected chi connectivity index (χ2v) is 5.14. The van der Waals surface area contributed by atoms with Crippen LogP contribution < -0.4 is 5.32 Å². The van der Waals surface area contributed by atoms with Gasteiger partial charge in [-0.15, -0.1) is 0 Å². The van der Waals surface area contributed by atoms with Crippen LogP contribution in [0.3, 0.4) is 0 Å². The average molecular weight is 244 g/mol. The summed E-state index contributed by atoms with van der Waals surface area (Å²) in [6.07, 6.45) is 12.7. The summed E-state index contributed by atoms with van der Waals surface area (Å²) in [5, 5.41) is 3.70. The van der Waals surface area contributed by atoms with Crippen molar-refractivity contribution in [1.82, 2.24) is 10.3 Å². The first-order valence-electron chi connectivity index (χ1n) is 7.15. The van der Waals surface area contributed by atoms with Gasteiger partial charge in [-0.25, -0.2) is 0 Å². The van der Waals surface area contributed by atoms with Crippen LogP contribution in [-0.2, 0) is 0 Å². The van der Waals surface area contributed by atoms with E-state index in [1.165, 1.54) is 43.2 Å². The van der Waals surface area contributed by atoms with Gasteiger partial charge in [-0.05, 0) is 62.8 Å². The van der Waals surface area contributed by atoms with Crippen molar-refractivity contribution in [1.29, 1.82) is 0 Å². The van der Waals surface area contributed by atoms with Crippen LogP contribution in [0, 0.1) is 6.92 Å². The molecule has 0 spiro atoms. The van der Waals surface area contributed by atoms with Gasteiger partial charge < -0.3 is 5.32 Å². The third-order valence-corrected chi connectivity index (χ3v) is 3.67. The number of pyridine rings is 1. The Balaban J connectivity index is 2.24. The van der Waals surface area contributed by atoms with E-state index in [2.05, 4.69) is 36.3 Å². The van der Waals surface area contributed by atoms with Crippen LogP contribution in [0.2, 0.25) is 0 Å². The third-order valence-electron chi connectivity index (χ3n) is 3.67. The Morgan fingerprint density at radius 1 is 1.39 bits per heavy atom. The van der Waals surface area contributed by atoms with Gasteiger partial charge >= 0.3 is 0 Å². The Labute approximate surface area is 111 Å². The fraction of sp³-hybridized carbons (Fsp3) is 0.562. The fourth-order valence-corrected chi connectivity index (χ4v) is 2.66. The highest BCUT2D eigenvalue weighted by molar-refractivity contribution is 5.33. The van der Waals surface area contributed by atoms with E-state index in [4.69, 9.17) is 0 Å². The van der Waals surface area contributed by atoms with Gasteiger partial charge in [-0.1, -0.05) is 18.6 Å². The van der Waals surface area contributed by atoms with E-state index >= 15 is 0 Å². The summed E-state index contributed by atoms with van der Waals surface area (Å²) in [4.78, 5) is 4.21. The molecular formula is C16H24N2. The molecule has 0 amide bonds. The molecule has 1 unspecified atom stereocenters. The van der Waals surface area contributed by atoms with Gasteiger partial charge in [0.25, 0.3) is 0 Å². The monoisotopic (exact) mass is 244 g/mol. The molecular weight excluding hydrogens is 220 g/mol. The number of rotatable bonds is 5. The minimum atomic E-state index is 0.397. The number of hydrogen-bond acceptors (Lipinski definition) is 2. The zero-order valence-corrected chi connectivity index (χ0v) is 11.6. The molecule has 1 atom stereocenters.